The van der Waals surface area contributed by atoms with Crippen LogP contribution in [0.4, 0.5) is 4.39 Å². The van der Waals surface area contributed by atoms with Gasteiger partial charge in [0.1, 0.15) is 11.6 Å². The Morgan fingerprint density at radius 3 is 2.71 bits per heavy atom. The fraction of sp³-hybridized carbons (Fsp3) is 0.125. The molecule has 0 fully saturated rings. The summed E-state index contributed by atoms with van der Waals surface area (Å²) in [5.74, 6) is -1.92. The molecule has 0 aromatic heterocycles. The van der Waals surface area contributed by atoms with Crippen molar-refractivity contribution in [2.75, 3.05) is 7.11 Å². The first-order valence-corrected chi connectivity index (χ1v) is 7.54. The zero-order valence-corrected chi connectivity index (χ0v) is 13.1. The maximum Gasteiger partial charge on any atom is 0.211 e. The number of hydrogen-bond acceptors (Lipinski definition) is 7. The number of carbonyl (C=O) groups is 1. The molecule has 24 heavy (non-hydrogen) atoms. The summed E-state index contributed by atoms with van der Waals surface area (Å²) >= 11 is 0.874. The normalized spacial score (nSPS) is 15.8. The third-order valence-corrected chi connectivity index (χ3v) is 4.33. The molecule has 0 amide bonds. The molecular formula is C16H10FNO5S. The molecule has 0 bridgehead atoms. The van der Waals surface area contributed by atoms with E-state index in [1.807, 2.05) is 0 Å². The number of ketones is 1. The van der Waals surface area contributed by atoms with Crippen molar-refractivity contribution in [1.29, 1.82) is 5.26 Å². The Morgan fingerprint density at radius 1 is 1.29 bits per heavy atom. The summed E-state index contributed by atoms with van der Waals surface area (Å²) in [4.78, 5) is 12.4. The van der Waals surface area contributed by atoms with E-state index in [2.05, 4.69) is 0 Å². The summed E-state index contributed by atoms with van der Waals surface area (Å²) in [7, 11) is 1.27. The van der Waals surface area contributed by atoms with Gasteiger partial charge in [-0.1, -0.05) is 11.8 Å². The van der Waals surface area contributed by atoms with Crippen LogP contribution in [0.3, 0.4) is 0 Å². The summed E-state index contributed by atoms with van der Waals surface area (Å²) < 4.78 is 24.1. The number of carbonyl (C=O) groups excluding carboxylic acids is 1. The second-order valence-corrected chi connectivity index (χ2v) is 5.98. The van der Waals surface area contributed by atoms with Crippen LogP contribution in [0.25, 0.3) is 0 Å². The minimum atomic E-state index is -1.29. The van der Waals surface area contributed by atoms with E-state index in [1.165, 1.54) is 19.2 Å². The molecule has 2 aromatic rings. The molecule has 0 saturated heterocycles. The number of aliphatic hydroxyl groups excluding tert-OH is 1. The number of ether oxygens (including phenoxy) is 2. The van der Waals surface area contributed by atoms with Crippen molar-refractivity contribution in [3.8, 4) is 29.1 Å². The molecule has 1 unspecified atom stereocenters. The van der Waals surface area contributed by atoms with E-state index in [1.54, 1.807) is 6.07 Å². The van der Waals surface area contributed by atoms with E-state index in [9.17, 15) is 19.4 Å². The molecule has 1 aliphatic rings. The number of hydrogen-bond donors (Lipinski definition) is 2. The van der Waals surface area contributed by atoms with Crippen molar-refractivity contribution < 1.29 is 28.9 Å². The van der Waals surface area contributed by atoms with Crippen LogP contribution >= 0.6 is 11.8 Å². The highest BCUT2D eigenvalue weighted by Crippen LogP contribution is 2.50. The molecule has 1 atom stereocenters. The van der Waals surface area contributed by atoms with Gasteiger partial charge in [-0.3, -0.25) is 4.79 Å². The number of nitriles is 1. The third-order valence-electron chi connectivity index (χ3n) is 3.31. The Hall–Kier alpha value is -2.76. The van der Waals surface area contributed by atoms with Gasteiger partial charge in [-0.2, -0.15) is 5.26 Å². The number of fused-ring (bicyclic) bond motifs is 1. The molecule has 2 aromatic carbocycles. The van der Waals surface area contributed by atoms with Crippen LogP contribution in [0.1, 0.15) is 15.9 Å². The standard InChI is InChI=1S/C16H10FNO5S/c1-22-15-12-11(24-16(21)13(12)20)5-10(19)14(15)23-9-3-7(6-18)2-8(17)4-9/h2-5,16,19,21H,1H3. The molecular weight excluding hydrogens is 337 g/mol. The van der Waals surface area contributed by atoms with Crippen LogP contribution in [0.15, 0.2) is 29.2 Å². The maximum absolute atomic E-state index is 13.5. The topological polar surface area (TPSA) is 99.8 Å². The second-order valence-electron chi connectivity index (χ2n) is 4.86. The fourth-order valence-electron chi connectivity index (χ4n) is 2.32. The number of Topliss-reactive ketones (excluding diaryl/α,β-unsaturated/α-hetero) is 1. The van der Waals surface area contributed by atoms with E-state index < -0.39 is 17.0 Å². The first-order valence-electron chi connectivity index (χ1n) is 6.66. The van der Waals surface area contributed by atoms with Crippen molar-refractivity contribution in [2.24, 2.45) is 0 Å². The summed E-state index contributed by atoms with van der Waals surface area (Å²) in [6.45, 7) is 0. The summed E-state index contributed by atoms with van der Waals surface area (Å²) in [5, 5.41) is 28.7. The lowest BCUT2D eigenvalue weighted by molar-refractivity contribution is 0.0871. The van der Waals surface area contributed by atoms with Crippen molar-refractivity contribution >= 4 is 17.5 Å². The van der Waals surface area contributed by atoms with Crippen molar-refractivity contribution in [3.05, 3.63) is 41.2 Å². The van der Waals surface area contributed by atoms with E-state index in [0.29, 0.717) is 4.90 Å². The van der Waals surface area contributed by atoms with Gasteiger partial charge in [-0.25, -0.2) is 4.39 Å². The smallest absolute Gasteiger partial charge is 0.211 e. The number of aliphatic hydroxyl groups is 1. The zero-order chi connectivity index (χ0) is 17.4. The number of rotatable bonds is 3. The highest BCUT2D eigenvalue weighted by molar-refractivity contribution is 8.01. The minimum Gasteiger partial charge on any atom is -0.504 e. The Balaban J connectivity index is 2.11. The van der Waals surface area contributed by atoms with Gasteiger partial charge < -0.3 is 19.7 Å². The van der Waals surface area contributed by atoms with Gasteiger partial charge in [0, 0.05) is 11.0 Å². The molecule has 122 valence electrons. The number of benzene rings is 2. The van der Waals surface area contributed by atoms with Crippen LogP contribution in [0, 0.1) is 17.1 Å². The molecule has 0 aliphatic carbocycles. The van der Waals surface area contributed by atoms with Crippen molar-refractivity contribution in [2.45, 2.75) is 10.3 Å². The number of methoxy groups -OCH3 is 1. The molecule has 1 heterocycles. The summed E-state index contributed by atoms with van der Waals surface area (Å²) in [5.41, 5.74) is -1.17. The van der Waals surface area contributed by atoms with Gasteiger partial charge in [0.05, 0.1) is 24.3 Å². The predicted molar refractivity (Wildman–Crippen MR) is 82.0 cm³/mol. The fourth-order valence-corrected chi connectivity index (χ4v) is 3.28. The van der Waals surface area contributed by atoms with Gasteiger partial charge in [0.2, 0.25) is 11.5 Å². The average Bonchev–Trinajstić information content (AvgIpc) is 2.82. The van der Waals surface area contributed by atoms with E-state index >= 15 is 0 Å². The molecule has 1 aliphatic heterocycles. The van der Waals surface area contributed by atoms with E-state index in [4.69, 9.17) is 14.7 Å². The Kier molecular flexibility index (Phi) is 4.05. The third kappa shape index (κ3) is 2.64. The van der Waals surface area contributed by atoms with Crippen LogP contribution < -0.4 is 9.47 Å². The maximum atomic E-state index is 13.5. The zero-order valence-electron chi connectivity index (χ0n) is 12.2. The number of phenols is 1. The molecule has 0 spiro atoms. The van der Waals surface area contributed by atoms with Gasteiger partial charge in [-0.15, -0.1) is 0 Å². The van der Waals surface area contributed by atoms with Gasteiger partial charge in [0.15, 0.2) is 16.9 Å². The molecule has 6 nitrogen and oxygen atoms in total. The average molecular weight is 347 g/mol. The quantitative estimate of drug-likeness (QED) is 0.880. The number of thioether (sulfide) groups is 1. The second kappa shape index (κ2) is 6.03. The lowest BCUT2D eigenvalue weighted by Crippen LogP contribution is -2.11. The molecule has 0 radical (unpaired) electrons. The number of aromatic hydroxyl groups is 1. The van der Waals surface area contributed by atoms with E-state index in [-0.39, 0.29) is 34.1 Å². The van der Waals surface area contributed by atoms with Crippen LogP contribution in [0.2, 0.25) is 0 Å². The Labute approximate surface area is 140 Å². The van der Waals surface area contributed by atoms with Crippen LogP contribution in [-0.2, 0) is 0 Å². The lowest BCUT2D eigenvalue weighted by Gasteiger charge is -2.15. The first kappa shape index (κ1) is 16.1. The van der Waals surface area contributed by atoms with Gasteiger partial charge >= 0.3 is 0 Å². The molecule has 3 rings (SSSR count). The van der Waals surface area contributed by atoms with Crippen molar-refractivity contribution in [3.63, 3.8) is 0 Å². The monoisotopic (exact) mass is 347 g/mol. The molecule has 0 saturated carbocycles. The summed E-state index contributed by atoms with van der Waals surface area (Å²) in [6, 6.07) is 6.38. The van der Waals surface area contributed by atoms with Gasteiger partial charge in [-0.05, 0) is 18.2 Å². The first-order chi connectivity index (χ1) is 11.4. The minimum absolute atomic E-state index is 0.0340. The number of phenolic OH excluding ortho intramolecular Hbond substituents is 1. The summed E-state index contributed by atoms with van der Waals surface area (Å²) in [6.07, 6.45) is 0. The van der Waals surface area contributed by atoms with Crippen LogP contribution in [0.5, 0.6) is 23.0 Å². The Bertz CT molecular complexity index is 893. The molecule has 8 heteroatoms. The van der Waals surface area contributed by atoms with Gasteiger partial charge in [0.25, 0.3) is 0 Å². The SMILES string of the molecule is COc1c(Oc2cc(F)cc(C#N)c2)c(O)cc2c1C(=O)C(O)S2. The lowest BCUT2D eigenvalue weighted by atomic mass is 10.1. The highest BCUT2D eigenvalue weighted by Gasteiger charge is 2.36. The number of halogens is 1. The Morgan fingerprint density at radius 2 is 2.04 bits per heavy atom. The highest BCUT2D eigenvalue weighted by atomic mass is 32.2. The van der Waals surface area contributed by atoms with Crippen molar-refractivity contribution in [1.82, 2.24) is 0 Å². The molecule has 2 N–H and O–H groups in total. The number of nitrogens with zero attached hydrogens (tertiary/aromatic N) is 1. The van der Waals surface area contributed by atoms with E-state index in [0.717, 1.165) is 23.9 Å². The predicted octanol–water partition coefficient (Wildman–Crippen LogP) is 2.81. The largest absolute Gasteiger partial charge is 0.504 e. The van der Waals surface area contributed by atoms with Crippen LogP contribution in [-0.4, -0.2) is 28.5 Å².